The van der Waals surface area contributed by atoms with Gasteiger partial charge in [-0.15, -0.1) is 0 Å². The van der Waals surface area contributed by atoms with Crippen LogP contribution in [0.3, 0.4) is 0 Å². The summed E-state index contributed by atoms with van der Waals surface area (Å²) in [5.41, 5.74) is 0. The average molecular weight is 166 g/mol. The van der Waals surface area contributed by atoms with E-state index < -0.39 is 0 Å². The number of aliphatic hydroxyl groups excluding tert-OH is 1. The Morgan fingerprint density at radius 2 is 1.50 bits per heavy atom. The van der Waals surface area contributed by atoms with Crippen molar-refractivity contribution in [3.63, 3.8) is 0 Å². The number of aliphatic hydroxyl groups is 1. The summed E-state index contributed by atoms with van der Waals surface area (Å²) in [6.07, 6.45) is 8.78. The van der Waals surface area contributed by atoms with Crippen LogP contribution < -0.4 is 0 Å². The zero-order valence-corrected chi connectivity index (χ0v) is 7.97. The van der Waals surface area contributed by atoms with Crippen LogP contribution in [-0.2, 0) is 0 Å². The monoisotopic (exact) mass is 166 g/mol. The van der Waals surface area contributed by atoms with Gasteiger partial charge in [-0.05, 0) is 13.3 Å². The van der Waals surface area contributed by atoms with Gasteiger partial charge in [-0.3, -0.25) is 0 Å². The molecule has 0 aliphatic heterocycles. The fraction of sp³-hybridized carbons (Fsp3) is 1.00. The van der Waals surface area contributed by atoms with Crippen molar-refractivity contribution < 1.29 is 5.11 Å². The second-order valence-electron chi connectivity index (χ2n) is 3.41. The first-order chi connectivity index (χ1) is 5.27. The molecule has 0 aromatic heterocycles. The Kier molecular flexibility index (Phi) is 14.5. The molecule has 0 aliphatic carbocycles. The fourth-order valence-corrected chi connectivity index (χ4v) is 1.22. The van der Waals surface area contributed by atoms with E-state index in [0.717, 1.165) is 6.42 Å². The predicted octanol–water partition coefficient (Wildman–Crippen LogP) is 2.47. The van der Waals surface area contributed by atoms with Gasteiger partial charge in [0.1, 0.15) is 0 Å². The van der Waals surface area contributed by atoms with E-state index in [2.05, 4.69) is 6.92 Å². The molecule has 2 heteroatoms. The normalized spacial score (nSPS) is 12.2. The number of hydrogen-bond donors (Lipinski definition) is 1. The fourth-order valence-electron chi connectivity index (χ4n) is 1.22. The van der Waals surface area contributed by atoms with Gasteiger partial charge in [0.2, 0.25) is 0 Å². The van der Waals surface area contributed by atoms with Gasteiger partial charge in [-0.1, -0.05) is 45.4 Å². The van der Waals surface area contributed by atoms with Crippen LogP contribution in [0.2, 0.25) is 0 Å². The molecule has 1 unspecified atom stereocenters. The van der Waals surface area contributed by atoms with E-state index in [0.29, 0.717) is 0 Å². The predicted molar refractivity (Wildman–Crippen MR) is 56.8 cm³/mol. The molecule has 0 fully saturated rings. The standard InChI is InChI=1S/C10H22O.Li.H/c1-3-4-5-6-7-8-9-10(2)11;;/h10-11H,3-9H2,1-2H3;;. The third kappa shape index (κ3) is 13.2. The maximum atomic E-state index is 8.96. The summed E-state index contributed by atoms with van der Waals surface area (Å²) in [5, 5.41) is 8.96. The summed E-state index contributed by atoms with van der Waals surface area (Å²) >= 11 is 0. The van der Waals surface area contributed by atoms with Gasteiger partial charge in [0.05, 0.1) is 6.10 Å². The van der Waals surface area contributed by atoms with E-state index in [1.165, 1.54) is 38.5 Å². The average Bonchev–Trinajstić information content (AvgIpc) is 1.96. The molecule has 1 nitrogen and oxygen atoms in total. The molecule has 1 N–H and O–H groups in total. The van der Waals surface area contributed by atoms with Gasteiger partial charge >= 0.3 is 18.9 Å². The molecule has 1 atom stereocenters. The van der Waals surface area contributed by atoms with Crippen molar-refractivity contribution >= 4 is 18.9 Å². The van der Waals surface area contributed by atoms with E-state index in [1.807, 2.05) is 6.92 Å². The molecule has 70 valence electrons. The van der Waals surface area contributed by atoms with Crippen LogP contribution in [0, 0.1) is 0 Å². The van der Waals surface area contributed by atoms with Crippen LogP contribution >= 0.6 is 0 Å². The summed E-state index contributed by atoms with van der Waals surface area (Å²) in [6, 6.07) is 0. The molecule has 0 rings (SSSR count). The second-order valence-corrected chi connectivity index (χ2v) is 3.41. The molecule has 0 spiro atoms. The first kappa shape index (κ1) is 15.0. The van der Waals surface area contributed by atoms with Gasteiger partial charge < -0.3 is 5.11 Å². The van der Waals surface area contributed by atoms with Gasteiger partial charge in [0.25, 0.3) is 0 Å². The SMILES string of the molecule is CCCCCCCCC(C)O.[LiH]. The third-order valence-electron chi connectivity index (χ3n) is 1.98. The van der Waals surface area contributed by atoms with Crippen molar-refractivity contribution in [3.8, 4) is 0 Å². The minimum absolute atomic E-state index is 0. The Bertz CT molecular complexity index is 74.2. The van der Waals surface area contributed by atoms with Crippen LogP contribution in [0.1, 0.15) is 58.8 Å². The van der Waals surface area contributed by atoms with E-state index in [9.17, 15) is 0 Å². The third-order valence-corrected chi connectivity index (χ3v) is 1.98. The molecular weight excluding hydrogens is 143 g/mol. The van der Waals surface area contributed by atoms with Crippen LogP contribution in [0.15, 0.2) is 0 Å². The zero-order chi connectivity index (χ0) is 8.53. The van der Waals surface area contributed by atoms with Gasteiger partial charge in [-0.2, -0.15) is 0 Å². The van der Waals surface area contributed by atoms with Crippen molar-refractivity contribution in [2.24, 2.45) is 0 Å². The van der Waals surface area contributed by atoms with E-state index in [4.69, 9.17) is 5.11 Å². The van der Waals surface area contributed by atoms with Gasteiger partial charge in [-0.25, -0.2) is 0 Å². The molecule has 0 amide bonds. The van der Waals surface area contributed by atoms with Crippen LogP contribution in [0.25, 0.3) is 0 Å². The zero-order valence-electron chi connectivity index (χ0n) is 7.97. The van der Waals surface area contributed by atoms with Gasteiger partial charge in [0.15, 0.2) is 0 Å². The van der Waals surface area contributed by atoms with Crippen LogP contribution in [0.5, 0.6) is 0 Å². The first-order valence-electron chi connectivity index (χ1n) is 4.95. The summed E-state index contributed by atoms with van der Waals surface area (Å²) in [5.74, 6) is 0. The Morgan fingerprint density at radius 3 is 2.00 bits per heavy atom. The van der Waals surface area contributed by atoms with Crippen LogP contribution in [0.4, 0.5) is 0 Å². The number of hydrogen-bond acceptors (Lipinski definition) is 1. The molecule has 0 heterocycles. The molecule has 0 saturated carbocycles. The molecule has 0 bridgehead atoms. The molecule has 0 aromatic rings. The summed E-state index contributed by atoms with van der Waals surface area (Å²) in [6.45, 7) is 4.10. The van der Waals surface area contributed by atoms with Crippen LogP contribution in [-0.4, -0.2) is 30.1 Å². The molecule has 12 heavy (non-hydrogen) atoms. The molecule has 0 aliphatic rings. The summed E-state index contributed by atoms with van der Waals surface area (Å²) in [4.78, 5) is 0. The van der Waals surface area contributed by atoms with Crippen molar-refractivity contribution in [2.45, 2.75) is 64.9 Å². The topological polar surface area (TPSA) is 20.2 Å². The maximum absolute atomic E-state index is 8.96. The second kappa shape index (κ2) is 11.6. The van der Waals surface area contributed by atoms with Gasteiger partial charge in [0, 0.05) is 0 Å². The van der Waals surface area contributed by atoms with E-state index >= 15 is 0 Å². The Hall–Kier alpha value is 0.557. The summed E-state index contributed by atoms with van der Waals surface area (Å²) in [7, 11) is 0. The molecule has 0 radical (unpaired) electrons. The first-order valence-corrected chi connectivity index (χ1v) is 4.95. The summed E-state index contributed by atoms with van der Waals surface area (Å²) < 4.78 is 0. The van der Waals surface area contributed by atoms with Crippen molar-refractivity contribution in [2.75, 3.05) is 0 Å². The number of rotatable bonds is 7. The van der Waals surface area contributed by atoms with Crippen molar-refractivity contribution in [1.29, 1.82) is 0 Å². The quantitative estimate of drug-likeness (QED) is 0.455. The molecule has 0 aromatic carbocycles. The molecular formula is C10H23LiO. The minimum atomic E-state index is -0.0961. The van der Waals surface area contributed by atoms with E-state index in [1.54, 1.807) is 0 Å². The van der Waals surface area contributed by atoms with E-state index in [-0.39, 0.29) is 25.0 Å². The van der Waals surface area contributed by atoms with Crippen molar-refractivity contribution in [1.82, 2.24) is 0 Å². The number of unbranched alkanes of at least 4 members (excludes halogenated alkanes) is 5. The van der Waals surface area contributed by atoms with Crippen molar-refractivity contribution in [3.05, 3.63) is 0 Å². The Morgan fingerprint density at radius 1 is 1.00 bits per heavy atom. The molecule has 0 saturated heterocycles. The Labute approximate surface area is 89.1 Å². The Balaban J connectivity index is 0.